The number of rotatable bonds is 3. The minimum Gasteiger partial charge on any atom is -0.322 e. The van der Waals surface area contributed by atoms with Gasteiger partial charge in [-0.15, -0.1) is 11.3 Å². The predicted octanol–water partition coefficient (Wildman–Crippen LogP) is 3.26. The first-order valence-electron chi connectivity index (χ1n) is 8.36. The van der Waals surface area contributed by atoms with Crippen LogP contribution in [0, 0.1) is 5.82 Å². The van der Waals surface area contributed by atoms with Crippen molar-refractivity contribution in [2.24, 2.45) is 0 Å². The summed E-state index contributed by atoms with van der Waals surface area (Å²) in [5, 5.41) is 7.28. The number of urea groups is 1. The second kappa shape index (κ2) is 6.61. The standard InChI is InChI=1S/C18H15ClFN3O3S/c19-10-3-4-12(20)13(8-10)21-15(24)9-23-16(25)18(22-17(23)26)6-1-2-14-11(18)5-7-27-14/h3-5,7-8H,1-2,6,9H2,(H,21,24)(H,22,26)/t18-/m0/s1. The fraction of sp³-hybridized carbons (Fsp3) is 0.278. The zero-order valence-corrected chi connectivity index (χ0v) is 15.6. The van der Waals surface area contributed by atoms with E-state index < -0.39 is 35.7 Å². The number of halogens is 2. The molecule has 1 aliphatic heterocycles. The van der Waals surface area contributed by atoms with Crippen LogP contribution in [-0.4, -0.2) is 29.3 Å². The summed E-state index contributed by atoms with van der Waals surface area (Å²) in [4.78, 5) is 39.7. The van der Waals surface area contributed by atoms with Crippen molar-refractivity contribution in [2.45, 2.75) is 24.8 Å². The Morgan fingerprint density at radius 1 is 1.37 bits per heavy atom. The van der Waals surface area contributed by atoms with Crippen LogP contribution in [0.15, 0.2) is 29.6 Å². The lowest BCUT2D eigenvalue weighted by molar-refractivity contribution is -0.134. The van der Waals surface area contributed by atoms with Crippen molar-refractivity contribution in [1.82, 2.24) is 10.2 Å². The molecule has 140 valence electrons. The normalized spacial score (nSPS) is 21.3. The summed E-state index contributed by atoms with van der Waals surface area (Å²) in [5.41, 5.74) is -0.403. The number of carbonyl (C=O) groups excluding carboxylic acids is 3. The van der Waals surface area contributed by atoms with Crippen molar-refractivity contribution in [1.29, 1.82) is 0 Å². The molecule has 1 fully saturated rings. The Morgan fingerprint density at radius 2 is 2.19 bits per heavy atom. The first-order valence-corrected chi connectivity index (χ1v) is 9.62. The van der Waals surface area contributed by atoms with Crippen LogP contribution >= 0.6 is 22.9 Å². The number of benzene rings is 1. The van der Waals surface area contributed by atoms with Gasteiger partial charge in [0.05, 0.1) is 5.69 Å². The molecule has 27 heavy (non-hydrogen) atoms. The first-order chi connectivity index (χ1) is 12.9. The lowest BCUT2D eigenvalue weighted by Crippen LogP contribution is -2.46. The van der Waals surface area contributed by atoms with Gasteiger partial charge < -0.3 is 10.6 Å². The molecule has 1 spiro atoms. The van der Waals surface area contributed by atoms with Gasteiger partial charge in [-0.1, -0.05) is 11.6 Å². The summed E-state index contributed by atoms with van der Waals surface area (Å²) in [6, 6.07) is 4.97. The zero-order valence-electron chi connectivity index (χ0n) is 14.1. The molecule has 1 aliphatic carbocycles. The summed E-state index contributed by atoms with van der Waals surface area (Å²) in [5.74, 6) is -1.79. The summed E-state index contributed by atoms with van der Waals surface area (Å²) in [7, 11) is 0. The molecule has 2 aliphatic rings. The van der Waals surface area contributed by atoms with Gasteiger partial charge in [0.2, 0.25) is 5.91 Å². The molecular formula is C18H15ClFN3O3S. The average molecular weight is 408 g/mol. The van der Waals surface area contributed by atoms with Crippen molar-refractivity contribution >= 4 is 46.5 Å². The molecular weight excluding hydrogens is 393 g/mol. The van der Waals surface area contributed by atoms with Crippen LogP contribution in [0.4, 0.5) is 14.9 Å². The zero-order chi connectivity index (χ0) is 19.2. The van der Waals surface area contributed by atoms with E-state index in [1.165, 1.54) is 12.1 Å². The number of carbonyl (C=O) groups is 3. The van der Waals surface area contributed by atoms with Crippen molar-refractivity contribution in [3.8, 4) is 0 Å². The Labute approximate surface area is 163 Å². The quantitative estimate of drug-likeness (QED) is 0.766. The molecule has 0 bridgehead atoms. The van der Waals surface area contributed by atoms with E-state index >= 15 is 0 Å². The van der Waals surface area contributed by atoms with Gasteiger partial charge in [0.1, 0.15) is 17.9 Å². The van der Waals surface area contributed by atoms with E-state index in [0.717, 1.165) is 34.2 Å². The molecule has 4 amide bonds. The molecule has 0 saturated carbocycles. The van der Waals surface area contributed by atoms with Crippen LogP contribution in [0.3, 0.4) is 0 Å². The molecule has 0 unspecified atom stereocenters. The minimum absolute atomic E-state index is 0.105. The van der Waals surface area contributed by atoms with E-state index in [4.69, 9.17) is 11.6 Å². The van der Waals surface area contributed by atoms with Gasteiger partial charge in [-0.3, -0.25) is 14.5 Å². The lowest BCUT2D eigenvalue weighted by Gasteiger charge is -2.31. The van der Waals surface area contributed by atoms with Crippen LogP contribution < -0.4 is 10.6 Å². The second-order valence-corrected chi connectivity index (χ2v) is 7.95. The predicted molar refractivity (Wildman–Crippen MR) is 99.2 cm³/mol. The van der Waals surface area contributed by atoms with Gasteiger partial charge in [0.25, 0.3) is 5.91 Å². The fourth-order valence-electron chi connectivity index (χ4n) is 3.61. The largest absolute Gasteiger partial charge is 0.325 e. The van der Waals surface area contributed by atoms with E-state index in [9.17, 15) is 18.8 Å². The van der Waals surface area contributed by atoms with Gasteiger partial charge in [-0.05, 0) is 48.9 Å². The van der Waals surface area contributed by atoms with Crippen LogP contribution in [0.25, 0.3) is 0 Å². The van der Waals surface area contributed by atoms with Gasteiger partial charge in [-0.25, -0.2) is 9.18 Å². The highest BCUT2D eigenvalue weighted by atomic mass is 35.5. The molecule has 4 rings (SSSR count). The molecule has 2 aromatic rings. The smallest absolute Gasteiger partial charge is 0.322 e. The van der Waals surface area contributed by atoms with Gasteiger partial charge in [-0.2, -0.15) is 0 Å². The molecule has 2 heterocycles. The van der Waals surface area contributed by atoms with E-state index in [1.807, 2.05) is 11.4 Å². The summed E-state index contributed by atoms with van der Waals surface area (Å²) in [6.45, 7) is -0.502. The van der Waals surface area contributed by atoms with Crippen LogP contribution in [0.1, 0.15) is 23.3 Å². The van der Waals surface area contributed by atoms with Gasteiger partial charge in [0.15, 0.2) is 0 Å². The summed E-state index contributed by atoms with van der Waals surface area (Å²) < 4.78 is 13.8. The summed E-state index contributed by atoms with van der Waals surface area (Å²) >= 11 is 7.36. The number of aryl methyl sites for hydroxylation is 1. The minimum atomic E-state index is -1.10. The highest BCUT2D eigenvalue weighted by Crippen LogP contribution is 2.42. The number of nitrogens with one attached hydrogen (secondary N) is 2. The van der Waals surface area contributed by atoms with Crippen LogP contribution in [0.5, 0.6) is 0 Å². The maximum Gasteiger partial charge on any atom is 0.325 e. The Kier molecular flexibility index (Phi) is 4.39. The Hall–Kier alpha value is -2.45. The highest BCUT2D eigenvalue weighted by Gasteiger charge is 2.54. The SMILES string of the molecule is O=C(CN1C(=O)N[C@]2(CCCc3sccc32)C1=O)Nc1cc(Cl)ccc1F. The number of hydrogen-bond donors (Lipinski definition) is 2. The third-order valence-corrected chi connectivity index (χ3v) is 6.06. The Balaban J connectivity index is 1.54. The third kappa shape index (κ3) is 2.98. The average Bonchev–Trinajstić information content (AvgIpc) is 3.19. The first kappa shape index (κ1) is 17.9. The van der Waals surface area contributed by atoms with E-state index in [0.29, 0.717) is 6.42 Å². The maximum atomic E-state index is 13.8. The number of nitrogens with zero attached hydrogens (tertiary/aromatic N) is 1. The molecule has 9 heteroatoms. The number of thiophene rings is 1. The fourth-order valence-corrected chi connectivity index (χ4v) is 4.78. The van der Waals surface area contributed by atoms with E-state index in [-0.39, 0.29) is 10.7 Å². The molecule has 6 nitrogen and oxygen atoms in total. The monoisotopic (exact) mass is 407 g/mol. The Morgan fingerprint density at radius 3 is 3.00 bits per heavy atom. The van der Waals surface area contributed by atoms with E-state index in [2.05, 4.69) is 10.6 Å². The number of fused-ring (bicyclic) bond motifs is 2. The Bertz CT molecular complexity index is 963. The van der Waals surface area contributed by atoms with Gasteiger partial charge >= 0.3 is 6.03 Å². The number of amides is 4. The van der Waals surface area contributed by atoms with E-state index in [1.54, 1.807) is 11.3 Å². The number of anilines is 1. The maximum absolute atomic E-state index is 13.8. The summed E-state index contributed by atoms with van der Waals surface area (Å²) in [6.07, 6.45) is 2.13. The topological polar surface area (TPSA) is 78.5 Å². The molecule has 1 aromatic carbocycles. The molecule has 0 radical (unpaired) electrons. The van der Waals surface area contributed by atoms with Crippen molar-refractivity contribution in [3.63, 3.8) is 0 Å². The number of imide groups is 1. The molecule has 1 saturated heterocycles. The van der Waals surface area contributed by atoms with Crippen molar-refractivity contribution in [3.05, 3.63) is 50.9 Å². The number of hydrogen-bond acceptors (Lipinski definition) is 4. The van der Waals surface area contributed by atoms with Crippen molar-refractivity contribution in [2.75, 3.05) is 11.9 Å². The molecule has 2 N–H and O–H groups in total. The van der Waals surface area contributed by atoms with Crippen LogP contribution in [-0.2, 0) is 21.5 Å². The van der Waals surface area contributed by atoms with Crippen molar-refractivity contribution < 1.29 is 18.8 Å². The second-order valence-electron chi connectivity index (χ2n) is 6.51. The van der Waals surface area contributed by atoms with Gasteiger partial charge in [0, 0.05) is 15.5 Å². The lowest BCUT2D eigenvalue weighted by atomic mass is 9.80. The molecule has 1 aromatic heterocycles. The molecule has 1 atom stereocenters. The van der Waals surface area contributed by atoms with Crippen LogP contribution in [0.2, 0.25) is 5.02 Å². The third-order valence-electron chi connectivity index (χ3n) is 4.84. The highest BCUT2D eigenvalue weighted by molar-refractivity contribution is 7.10.